The van der Waals surface area contributed by atoms with Crippen LogP contribution in [-0.4, -0.2) is 146 Å². The summed E-state index contributed by atoms with van der Waals surface area (Å²) in [5.41, 5.74) is -0.487. The maximum Gasteiger partial charge on any atom is 0.316 e. The molecule has 6 aliphatic heterocycles. The van der Waals surface area contributed by atoms with Crippen LogP contribution in [0.4, 0.5) is 0 Å². The number of ether oxygens (including phenoxy) is 10. The van der Waals surface area contributed by atoms with E-state index in [1.807, 2.05) is 45.9 Å². The minimum absolute atomic E-state index is 0.0272. The number of fused-ring (bicyclic) bond motifs is 2. The quantitative estimate of drug-likeness (QED) is 0.163. The number of ketones is 1. The van der Waals surface area contributed by atoms with Crippen LogP contribution in [0.25, 0.3) is 0 Å². The zero-order valence-corrected chi connectivity index (χ0v) is 41.8. The lowest BCUT2D eigenvalue weighted by Crippen LogP contribution is -2.66. The van der Waals surface area contributed by atoms with Crippen molar-refractivity contribution in [3.63, 3.8) is 0 Å². The van der Waals surface area contributed by atoms with Crippen LogP contribution in [0.3, 0.4) is 0 Å². The van der Waals surface area contributed by atoms with Gasteiger partial charge in [0.05, 0.1) is 61.4 Å². The standard InChI is InChI=1S/C52H79NO14/c1-13-28(2)46-31(5)19-20-51(67-46)25-38-22-37(66-51)18-17-30(4)45(29(3)15-14-16-36-27-60-48-44(55)32(6)21-39(49(56)63-38)52(36,48)57)64-42-23-40(58-11)47(34(8)61-42)65-43-24-41(59-12)50(10,35(9)62-43)53-26-33(7)54/h14-17,19-21,28-29,31,34-35,37-48,53,55,57H,13,18,22-27H2,1-12H3/b15-14+,30-17+,36-16+/t28?,29?,31-,34-,35-,37+,38-,39-,40-,41-,42-,43-,44+,45-,46+,47-,48+,50-,51+,52+/m0/s1. The van der Waals surface area contributed by atoms with Gasteiger partial charge < -0.3 is 62.9 Å². The molecule has 6 heterocycles. The number of rotatable bonds is 11. The molecular formula is C52H79NO14. The molecule has 0 amide bonds. The van der Waals surface area contributed by atoms with E-state index in [2.05, 4.69) is 45.2 Å². The SMILES string of the molecule is CCC(C)[C@H]1O[C@]2(C=C[C@@H]1C)C[C@@H]1C[C@@H](C/C=C(\C)[C@@H](O[C@H]3C[C@H](OC)[C@@H](O[C@H]4C[C@H](OC)[C@@](C)(NCC(C)=O)[C@H](C)O4)[C@H](C)O3)C(C)/C=C/C=C3\CO[C@@H]4[C@H](O)C(C)=C[C@@H](C(=O)O1)[C@]34O)O2. The monoisotopic (exact) mass is 942 g/mol. The molecule has 7 rings (SSSR count). The van der Waals surface area contributed by atoms with Gasteiger partial charge in [0.2, 0.25) is 0 Å². The second-order valence-corrected chi connectivity index (χ2v) is 20.7. The number of aliphatic hydroxyl groups excluding tert-OH is 1. The van der Waals surface area contributed by atoms with Crippen molar-refractivity contribution in [1.82, 2.24) is 5.32 Å². The van der Waals surface area contributed by atoms with Crippen molar-refractivity contribution in [2.45, 2.75) is 204 Å². The number of Topliss-reactive ketones (excluding diaryl/α,β-unsaturated/α-hetero) is 1. The molecule has 15 nitrogen and oxygen atoms in total. The molecule has 0 aromatic heterocycles. The van der Waals surface area contributed by atoms with Gasteiger partial charge in [0.25, 0.3) is 0 Å². The Morgan fingerprint density at radius 1 is 0.970 bits per heavy atom. The van der Waals surface area contributed by atoms with Gasteiger partial charge in [-0.05, 0) is 76.7 Å². The highest BCUT2D eigenvalue weighted by Crippen LogP contribution is 2.47. The molecule has 0 aromatic rings. The molecule has 20 atom stereocenters. The first-order chi connectivity index (χ1) is 31.7. The van der Waals surface area contributed by atoms with E-state index in [0.29, 0.717) is 36.8 Å². The smallest absolute Gasteiger partial charge is 0.316 e. The molecule has 3 N–H and O–H groups in total. The summed E-state index contributed by atoms with van der Waals surface area (Å²) >= 11 is 0. The predicted molar refractivity (Wildman–Crippen MR) is 248 cm³/mol. The van der Waals surface area contributed by atoms with Crippen molar-refractivity contribution in [1.29, 1.82) is 0 Å². The van der Waals surface area contributed by atoms with Crippen LogP contribution in [0, 0.1) is 23.7 Å². The highest BCUT2D eigenvalue weighted by atomic mass is 16.7. The van der Waals surface area contributed by atoms with E-state index < -0.39 is 90.2 Å². The first-order valence-corrected chi connectivity index (χ1v) is 24.7. The van der Waals surface area contributed by atoms with Crippen LogP contribution in [0.5, 0.6) is 0 Å². The fourth-order valence-corrected chi connectivity index (χ4v) is 11.3. The van der Waals surface area contributed by atoms with Crippen molar-refractivity contribution < 1.29 is 67.2 Å². The molecule has 1 spiro atoms. The van der Waals surface area contributed by atoms with E-state index in [0.717, 1.165) is 12.0 Å². The first kappa shape index (κ1) is 52.2. The molecule has 376 valence electrons. The number of carbonyl (C=O) groups excluding carboxylic acids is 2. The molecule has 4 saturated heterocycles. The lowest BCUT2D eigenvalue weighted by atomic mass is 9.71. The number of esters is 1. The van der Waals surface area contributed by atoms with Crippen LogP contribution in [-0.2, 0) is 57.0 Å². The van der Waals surface area contributed by atoms with Gasteiger partial charge in [0, 0.05) is 51.7 Å². The number of allylic oxidation sites excluding steroid dienone is 2. The average molecular weight is 942 g/mol. The van der Waals surface area contributed by atoms with Crippen molar-refractivity contribution in [3.05, 3.63) is 59.3 Å². The van der Waals surface area contributed by atoms with Gasteiger partial charge in [-0.25, -0.2) is 0 Å². The van der Waals surface area contributed by atoms with Gasteiger partial charge in [-0.1, -0.05) is 70.6 Å². The fourth-order valence-electron chi connectivity index (χ4n) is 11.3. The minimum Gasteiger partial charge on any atom is -0.462 e. The Labute approximate surface area is 397 Å². The summed E-state index contributed by atoms with van der Waals surface area (Å²) in [7, 11) is 3.32. The molecule has 0 radical (unpaired) electrons. The molecule has 67 heavy (non-hydrogen) atoms. The molecule has 2 bridgehead atoms. The normalized spacial score (nSPS) is 47.4. The number of hydrogen-bond acceptors (Lipinski definition) is 15. The molecule has 4 fully saturated rings. The molecule has 0 aromatic carbocycles. The Morgan fingerprint density at radius 2 is 1.72 bits per heavy atom. The molecule has 7 aliphatic rings. The zero-order valence-electron chi connectivity index (χ0n) is 41.8. The molecular weight excluding hydrogens is 863 g/mol. The van der Waals surface area contributed by atoms with Crippen LogP contribution in [0.1, 0.15) is 108 Å². The van der Waals surface area contributed by atoms with Crippen molar-refractivity contribution in [2.24, 2.45) is 23.7 Å². The summed E-state index contributed by atoms with van der Waals surface area (Å²) in [5.74, 6) is -2.57. The van der Waals surface area contributed by atoms with Crippen molar-refractivity contribution in [2.75, 3.05) is 27.4 Å². The number of aliphatic hydroxyl groups is 2. The van der Waals surface area contributed by atoms with Crippen molar-refractivity contribution >= 4 is 11.8 Å². The van der Waals surface area contributed by atoms with Gasteiger partial charge >= 0.3 is 5.97 Å². The highest BCUT2D eigenvalue weighted by Gasteiger charge is 2.60. The summed E-state index contributed by atoms with van der Waals surface area (Å²) in [5, 5.41) is 27.2. The maximum absolute atomic E-state index is 14.4. The average Bonchev–Trinajstić information content (AvgIpc) is 3.63. The maximum atomic E-state index is 14.4. The summed E-state index contributed by atoms with van der Waals surface area (Å²) in [4.78, 5) is 26.3. The van der Waals surface area contributed by atoms with Gasteiger partial charge in [-0.3, -0.25) is 9.59 Å². The Morgan fingerprint density at radius 3 is 2.42 bits per heavy atom. The lowest BCUT2D eigenvalue weighted by molar-refractivity contribution is -0.317. The Bertz CT molecular complexity index is 1920. The Balaban J connectivity index is 1.15. The largest absolute Gasteiger partial charge is 0.462 e. The Kier molecular flexibility index (Phi) is 16.7. The van der Waals surface area contributed by atoms with E-state index in [9.17, 15) is 19.8 Å². The van der Waals surface area contributed by atoms with E-state index in [4.69, 9.17) is 47.4 Å². The van der Waals surface area contributed by atoms with Gasteiger partial charge in [0.1, 0.15) is 41.7 Å². The number of methoxy groups -OCH3 is 2. The van der Waals surface area contributed by atoms with Crippen LogP contribution < -0.4 is 5.32 Å². The lowest BCUT2D eigenvalue weighted by Gasteiger charge is -2.49. The first-order valence-electron chi connectivity index (χ1n) is 24.7. The zero-order chi connectivity index (χ0) is 48.6. The number of nitrogens with one attached hydrogen (secondary N) is 1. The van der Waals surface area contributed by atoms with Crippen LogP contribution in [0.2, 0.25) is 0 Å². The van der Waals surface area contributed by atoms with Gasteiger partial charge in [-0.15, -0.1) is 0 Å². The summed E-state index contributed by atoms with van der Waals surface area (Å²) in [6.07, 6.45) is 9.56. The molecule has 1 aliphatic carbocycles. The number of hydrogen-bond donors (Lipinski definition) is 3. The summed E-state index contributed by atoms with van der Waals surface area (Å²) in [6, 6.07) is 0. The minimum atomic E-state index is -1.84. The van der Waals surface area contributed by atoms with Gasteiger partial charge in [0.15, 0.2) is 18.4 Å². The Hall–Kier alpha value is -2.64. The third-order valence-electron chi connectivity index (χ3n) is 15.8. The van der Waals surface area contributed by atoms with E-state index in [-0.39, 0.29) is 61.4 Å². The number of carbonyl (C=O) groups is 2. The second-order valence-electron chi connectivity index (χ2n) is 20.7. The predicted octanol–water partition coefficient (Wildman–Crippen LogP) is 5.95. The van der Waals surface area contributed by atoms with Gasteiger partial charge in [-0.2, -0.15) is 0 Å². The van der Waals surface area contributed by atoms with E-state index >= 15 is 0 Å². The van der Waals surface area contributed by atoms with Crippen molar-refractivity contribution in [3.8, 4) is 0 Å². The highest BCUT2D eigenvalue weighted by molar-refractivity contribution is 5.79. The third kappa shape index (κ3) is 10.8. The topological polar surface area (TPSA) is 179 Å². The molecule has 0 saturated carbocycles. The summed E-state index contributed by atoms with van der Waals surface area (Å²) in [6.45, 7) is 20.0. The van der Waals surface area contributed by atoms with E-state index in [1.165, 1.54) is 0 Å². The second kappa shape index (κ2) is 21.4. The third-order valence-corrected chi connectivity index (χ3v) is 15.8. The van der Waals surface area contributed by atoms with Crippen LogP contribution >= 0.6 is 0 Å². The molecule has 2 unspecified atom stereocenters. The van der Waals surface area contributed by atoms with E-state index in [1.54, 1.807) is 40.2 Å². The fraction of sp³-hybridized carbons (Fsp3) is 0.769. The summed E-state index contributed by atoms with van der Waals surface area (Å²) < 4.78 is 65.0. The molecule has 15 heteroatoms. The van der Waals surface area contributed by atoms with Crippen LogP contribution in [0.15, 0.2) is 59.3 Å².